The predicted molar refractivity (Wildman–Crippen MR) is 92.4 cm³/mol. The van der Waals surface area contributed by atoms with Crippen molar-refractivity contribution in [3.8, 4) is 0 Å². The maximum absolute atomic E-state index is 12.1. The number of halogens is 2. The molecule has 0 N–H and O–H groups in total. The van der Waals surface area contributed by atoms with Gasteiger partial charge < -0.3 is 4.55 Å². The van der Waals surface area contributed by atoms with E-state index in [2.05, 4.69) is 25.3 Å². The van der Waals surface area contributed by atoms with Crippen molar-refractivity contribution in [2.24, 2.45) is 4.40 Å². The van der Waals surface area contributed by atoms with Crippen LogP contribution in [0.2, 0.25) is 5.02 Å². The molecule has 0 fully saturated rings. The quantitative estimate of drug-likeness (QED) is 0.410. The monoisotopic (exact) mass is 392 g/mol. The third kappa shape index (κ3) is 3.20. The van der Waals surface area contributed by atoms with Crippen LogP contribution in [-0.2, 0) is 11.4 Å². The van der Waals surface area contributed by atoms with Crippen molar-refractivity contribution in [3.63, 3.8) is 0 Å². The molecule has 2 heterocycles. The molecule has 0 spiro atoms. The van der Waals surface area contributed by atoms with Crippen LogP contribution in [0, 0.1) is 0 Å². The van der Waals surface area contributed by atoms with Crippen molar-refractivity contribution in [1.82, 2.24) is 4.98 Å². The molecule has 0 bridgehead atoms. The van der Waals surface area contributed by atoms with Crippen molar-refractivity contribution < 1.29 is 4.55 Å². The summed E-state index contributed by atoms with van der Waals surface area (Å²) in [6.45, 7) is 7.52. The second-order valence-corrected chi connectivity index (χ2v) is 9.32. The molecule has 0 saturated carbocycles. The lowest BCUT2D eigenvalue weighted by Gasteiger charge is -2.18. The minimum atomic E-state index is -1.29. The molecule has 3 nitrogen and oxygen atoms in total. The van der Waals surface area contributed by atoms with E-state index < -0.39 is 11.4 Å². The van der Waals surface area contributed by atoms with Crippen LogP contribution in [0.25, 0.3) is 10.1 Å². The van der Waals surface area contributed by atoms with E-state index in [1.807, 2.05) is 33.8 Å². The highest BCUT2D eigenvalue weighted by molar-refractivity contribution is 9.10. The van der Waals surface area contributed by atoms with Crippen LogP contribution in [0.15, 0.2) is 21.3 Å². The third-order valence-electron chi connectivity index (χ3n) is 2.57. The number of pyridine rings is 1. The van der Waals surface area contributed by atoms with E-state index in [0.717, 1.165) is 19.6 Å². The second-order valence-electron chi connectivity index (χ2n) is 5.26. The van der Waals surface area contributed by atoms with Crippen LogP contribution < -0.4 is 0 Å². The van der Waals surface area contributed by atoms with Gasteiger partial charge in [0.2, 0.25) is 0 Å². The van der Waals surface area contributed by atoms with Gasteiger partial charge in [0.1, 0.15) is 26.4 Å². The van der Waals surface area contributed by atoms with Gasteiger partial charge in [-0.2, -0.15) is 0 Å². The fourth-order valence-corrected chi connectivity index (χ4v) is 4.22. The molecular weight excluding hydrogens is 380 g/mol. The molecule has 0 radical (unpaired) electrons. The Bertz CT molecular complexity index is 679. The Hall–Kier alpha value is -0.140. The van der Waals surface area contributed by atoms with Crippen LogP contribution >= 0.6 is 38.9 Å². The van der Waals surface area contributed by atoms with Gasteiger partial charge in [-0.3, -0.25) is 0 Å². The molecule has 108 valence electrons. The van der Waals surface area contributed by atoms with Gasteiger partial charge in [0.25, 0.3) is 0 Å². The van der Waals surface area contributed by atoms with E-state index in [-0.39, 0.29) is 4.75 Å². The molecule has 2 aromatic heterocycles. The molecule has 0 saturated heterocycles. The van der Waals surface area contributed by atoms with Crippen LogP contribution in [0.5, 0.6) is 0 Å². The average molecular weight is 394 g/mol. The number of hydrogen-bond donors (Lipinski definition) is 0. The molecule has 0 aliphatic heterocycles. The Morgan fingerprint density at radius 2 is 2.15 bits per heavy atom. The molecular formula is C13H14BrClN2OS2. The number of nitrogens with zero attached hydrogens (tertiary/aromatic N) is 2. The Labute approximate surface area is 138 Å². The van der Waals surface area contributed by atoms with Gasteiger partial charge in [0, 0.05) is 11.6 Å². The predicted octanol–water partition coefficient (Wildman–Crippen LogP) is 4.98. The number of fused-ring (bicyclic) bond motifs is 1. The van der Waals surface area contributed by atoms with Gasteiger partial charge in [-0.1, -0.05) is 16.0 Å². The maximum Gasteiger partial charge on any atom is 0.144 e. The molecule has 20 heavy (non-hydrogen) atoms. The van der Waals surface area contributed by atoms with Gasteiger partial charge in [-0.25, -0.2) is 4.98 Å². The summed E-state index contributed by atoms with van der Waals surface area (Å²) < 4.78 is 17.7. The lowest BCUT2D eigenvalue weighted by molar-refractivity contribution is 0.561. The zero-order valence-corrected chi connectivity index (χ0v) is 15.5. The van der Waals surface area contributed by atoms with Gasteiger partial charge in [-0.15, -0.1) is 11.3 Å². The van der Waals surface area contributed by atoms with E-state index in [1.165, 1.54) is 11.3 Å². The van der Waals surface area contributed by atoms with E-state index in [4.69, 9.17) is 11.6 Å². The van der Waals surface area contributed by atoms with E-state index >= 15 is 0 Å². The highest BCUT2D eigenvalue weighted by Gasteiger charge is 2.27. The van der Waals surface area contributed by atoms with Crippen molar-refractivity contribution in [2.45, 2.75) is 32.4 Å². The highest BCUT2D eigenvalue weighted by atomic mass is 79.9. The largest absolute Gasteiger partial charge is 0.591 e. The Kier molecular flexibility index (Phi) is 4.81. The fraction of sp³-hybridized carbons (Fsp3) is 0.385. The minimum Gasteiger partial charge on any atom is -0.591 e. The first-order valence-corrected chi connectivity index (χ1v) is 9.01. The first-order valence-electron chi connectivity index (χ1n) is 5.92. The normalized spacial score (nSPS) is 14.8. The van der Waals surface area contributed by atoms with Crippen molar-refractivity contribution in [3.05, 3.63) is 26.8 Å². The lowest BCUT2D eigenvalue weighted by Crippen LogP contribution is -2.26. The molecule has 0 aliphatic rings. The Morgan fingerprint density at radius 3 is 2.70 bits per heavy atom. The molecule has 0 aromatic carbocycles. The van der Waals surface area contributed by atoms with E-state index in [0.29, 0.717) is 10.7 Å². The average Bonchev–Trinajstić information content (AvgIpc) is 2.67. The zero-order valence-electron chi connectivity index (χ0n) is 11.5. The van der Waals surface area contributed by atoms with Gasteiger partial charge in [-0.05, 0) is 49.7 Å². The highest BCUT2D eigenvalue weighted by Crippen LogP contribution is 2.38. The molecule has 0 unspecified atom stereocenters. The number of hydrogen-bond acceptors (Lipinski definition) is 4. The summed E-state index contributed by atoms with van der Waals surface area (Å²) in [5.41, 5.74) is 0.691. The molecule has 0 amide bonds. The summed E-state index contributed by atoms with van der Waals surface area (Å²) >= 11 is 10.0. The van der Waals surface area contributed by atoms with E-state index in [9.17, 15) is 4.55 Å². The van der Waals surface area contributed by atoms with Gasteiger partial charge >= 0.3 is 0 Å². The maximum atomic E-state index is 12.1. The summed E-state index contributed by atoms with van der Waals surface area (Å²) in [6.07, 6.45) is 1.70. The smallest absolute Gasteiger partial charge is 0.144 e. The number of rotatable bonds is 2. The van der Waals surface area contributed by atoms with Crippen molar-refractivity contribution in [1.29, 1.82) is 0 Å². The van der Waals surface area contributed by atoms with Crippen LogP contribution in [0.3, 0.4) is 0 Å². The molecule has 2 aromatic rings. The summed E-state index contributed by atoms with van der Waals surface area (Å²) in [7, 11) is 0. The van der Waals surface area contributed by atoms with Crippen molar-refractivity contribution in [2.75, 3.05) is 0 Å². The van der Waals surface area contributed by atoms with Crippen LogP contribution in [-0.4, -0.2) is 20.0 Å². The molecule has 2 rings (SSSR count). The topological polar surface area (TPSA) is 48.3 Å². The van der Waals surface area contributed by atoms with Crippen LogP contribution in [0.4, 0.5) is 0 Å². The number of thiophene rings is 1. The second kappa shape index (κ2) is 5.93. The summed E-state index contributed by atoms with van der Waals surface area (Å²) in [5, 5.41) is 1.57. The minimum absolute atomic E-state index is 0.382. The molecule has 7 heteroatoms. The lowest BCUT2D eigenvalue weighted by atomic mass is 10.2. The summed E-state index contributed by atoms with van der Waals surface area (Å²) in [5.74, 6) is 0. The Morgan fingerprint density at radius 1 is 1.50 bits per heavy atom. The standard InChI is InChI=1S/C13H14BrClN2OS2/c1-7(17-20(18)13(2,3)4)10-9(15)8-5-6-16-12(14)11(8)19-10/h5-6H,1-4H3/b17-7+/t20-/m1/s1. The number of aromatic nitrogens is 1. The van der Waals surface area contributed by atoms with Crippen molar-refractivity contribution >= 4 is 66.0 Å². The first kappa shape index (κ1) is 16.2. The fourth-order valence-electron chi connectivity index (χ4n) is 1.50. The summed E-state index contributed by atoms with van der Waals surface area (Å²) in [4.78, 5) is 5.03. The zero-order chi connectivity index (χ0) is 15.1. The first-order chi connectivity index (χ1) is 9.21. The summed E-state index contributed by atoms with van der Waals surface area (Å²) in [6, 6.07) is 1.87. The third-order valence-corrected chi connectivity index (χ3v) is 6.75. The van der Waals surface area contributed by atoms with Gasteiger partial charge in [0.05, 0.1) is 14.6 Å². The Balaban J connectivity index is 2.51. The SMILES string of the molecule is C/C(=N\[S@+]([O-])C(C)(C)C)c1sc2c(Br)nccc2c1Cl. The van der Waals surface area contributed by atoms with Crippen LogP contribution in [0.1, 0.15) is 32.6 Å². The van der Waals surface area contributed by atoms with E-state index in [1.54, 1.807) is 6.20 Å². The molecule has 0 aliphatic carbocycles. The molecule has 1 atom stereocenters. The van der Waals surface area contributed by atoms with Gasteiger partial charge in [0.15, 0.2) is 0 Å².